The van der Waals surface area contributed by atoms with Crippen molar-refractivity contribution in [2.75, 3.05) is 0 Å². The maximum absolute atomic E-state index is 9.31. The van der Waals surface area contributed by atoms with Crippen molar-refractivity contribution in [2.24, 2.45) is 0 Å². The van der Waals surface area contributed by atoms with Gasteiger partial charge in [0.05, 0.1) is 6.10 Å². The SMILES string of the molecule is Cc1cnc([C@@H](O)C(C)O)nc1. The highest BCUT2D eigenvalue weighted by molar-refractivity contribution is 5.03. The van der Waals surface area contributed by atoms with Gasteiger partial charge in [-0.2, -0.15) is 0 Å². The van der Waals surface area contributed by atoms with Crippen LogP contribution in [0, 0.1) is 6.92 Å². The van der Waals surface area contributed by atoms with Crippen LogP contribution in [0.1, 0.15) is 24.4 Å². The summed E-state index contributed by atoms with van der Waals surface area (Å²) in [7, 11) is 0. The van der Waals surface area contributed by atoms with Gasteiger partial charge in [0.1, 0.15) is 6.10 Å². The van der Waals surface area contributed by atoms with Crippen LogP contribution in [-0.4, -0.2) is 26.3 Å². The van der Waals surface area contributed by atoms with Crippen molar-refractivity contribution in [3.63, 3.8) is 0 Å². The molecule has 1 heterocycles. The summed E-state index contributed by atoms with van der Waals surface area (Å²) in [5.41, 5.74) is 0.927. The fourth-order valence-corrected chi connectivity index (χ4v) is 0.771. The van der Waals surface area contributed by atoms with Crippen molar-refractivity contribution in [2.45, 2.75) is 26.1 Å². The second kappa shape index (κ2) is 3.60. The molecule has 0 amide bonds. The monoisotopic (exact) mass is 168 g/mol. The summed E-state index contributed by atoms with van der Waals surface area (Å²) in [4.78, 5) is 7.76. The number of hydrogen-bond donors (Lipinski definition) is 2. The van der Waals surface area contributed by atoms with E-state index in [1.807, 2.05) is 6.92 Å². The Kier molecular flexibility index (Phi) is 2.73. The highest BCUT2D eigenvalue weighted by Gasteiger charge is 2.15. The summed E-state index contributed by atoms with van der Waals surface area (Å²) in [6.45, 7) is 3.35. The molecule has 1 unspecified atom stereocenters. The lowest BCUT2D eigenvalue weighted by atomic mass is 10.2. The van der Waals surface area contributed by atoms with Crippen molar-refractivity contribution in [3.05, 3.63) is 23.8 Å². The minimum absolute atomic E-state index is 0.260. The normalized spacial score (nSPS) is 15.7. The highest BCUT2D eigenvalue weighted by Crippen LogP contribution is 2.10. The molecule has 4 heteroatoms. The molecule has 0 fully saturated rings. The zero-order valence-electron chi connectivity index (χ0n) is 7.10. The molecule has 2 N–H and O–H groups in total. The van der Waals surface area contributed by atoms with Crippen LogP contribution in [0.25, 0.3) is 0 Å². The van der Waals surface area contributed by atoms with Gasteiger partial charge in [0.15, 0.2) is 5.82 Å². The average molecular weight is 168 g/mol. The number of aromatic nitrogens is 2. The van der Waals surface area contributed by atoms with Crippen molar-refractivity contribution in [1.82, 2.24) is 9.97 Å². The Morgan fingerprint density at radius 3 is 2.17 bits per heavy atom. The first kappa shape index (κ1) is 9.09. The third kappa shape index (κ3) is 1.99. The van der Waals surface area contributed by atoms with Gasteiger partial charge >= 0.3 is 0 Å². The predicted octanol–water partition coefficient (Wildman–Crippen LogP) is 0.199. The molecule has 1 rings (SSSR count). The number of hydrogen-bond acceptors (Lipinski definition) is 4. The maximum Gasteiger partial charge on any atom is 0.159 e. The second-order valence-corrected chi connectivity index (χ2v) is 2.80. The van der Waals surface area contributed by atoms with Crippen molar-refractivity contribution < 1.29 is 10.2 Å². The van der Waals surface area contributed by atoms with Gasteiger partial charge in [-0.1, -0.05) is 0 Å². The molecule has 1 aromatic heterocycles. The van der Waals surface area contributed by atoms with Gasteiger partial charge < -0.3 is 10.2 Å². The fourth-order valence-electron chi connectivity index (χ4n) is 0.771. The fraction of sp³-hybridized carbons (Fsp3) is 0.500. The first-order chi connectivity index (χ1) is 5.61. The largest absolute Gasteiger partial charge is 0.390 e. The summed E-state index contributed by atoms with van der Waals surface area (Å²) < 4.78 is 0. The van der Waals surface area contributed by atoms with Crippen LogP contribution >= 0.6 is 0 Å². The van der Waals surface area contributed by atoms with Crippen LogP contribution in [0.4, 0.5) is 0 Å². The lowest BCUT2D eigenvalue weighted by Gasteiger charge is -2.11. The van der Waals surface area contributed by atoms with Crippen LogP contribution < -0.4 is 0 Å². The van der Waals surface area contributed by atoms with Gasteiger partial charge in [0.2, 0.25) is 0 Å². The Morgan fingerprint density at radius 2 is 1.75 bits per heavy atom. The van der Waals surface area contributed by atoms with E-state index in [9.17, 15) is 5.11 Å². The van der Waals surface area contributed by atoms with Gasteiger partial charge in [-0.25, -0.2) is 9.97 Å². The van der Waals surface area contributed by atoms with Crippen LogP contribution in [0.3, 0.4) is 0 Å². The maximum atomic E-state index is 9.31. The molecule has 4 nitrogen and oxygen atoms in total. The summed E-state index contributed by atoms with van der Waals surface area (Å²) in [6.07, 6.45) is 1.38. The topological polar surface area (TPSA) is 66.2 Å². The molecule has 1 aromatic rings. The number of aryl methyl sites for hydroxylation is 1. The van der Waals surface area contributed by atoms with Crippen molar-refractivity contribution in [3.8, 4) is 0 Å². The summed E-state index contributed by atoms with van der Waals surface area (Å²) >= 11 is 0. The molecule has 0 aliphatic carbocycles. The predicted molar refractivity (Wildman–Crippen MR) is 43.4 cm³/mol. The molecule has 66 valence electrons. The Hall–Kier alpha value is -1.00. The standard InChI is InChI=1S/C8H12N2O2/c1-5-3-9-8(10-4-5)7(12)6(2)11/h3-4,6-7,11-12H,1-2H3/t6?,7-/m0/s1. The number of nitrogens with zero attached hydrogens (tertiary/aromatic N) is 2. The Bertz CT molecular complexity index is 246. The molecule has 2 atom stereocenters. The minimum Gasteiger partial charge on any atom is -0.390 e. The van der Waals surface area contributed by atoms with E-state index in [1.54, 1.807) is 12.4 Å². The van der Waals surface area contributed by atoms with Gasteiger partial charge in [-0.3, -0.25) is 0 Å². The smallest absolute Gasteiger partial charge is 0.159 e. The molecule has 0 bridgehead atoms. The van der Waals surface area contributed by atoms with Gasteiger partial charge in [-0.05, 0) is 19.4 Å². The molecule has 0 saturated carbocycles. The molecule has 0 radical (unpaired) electrons. The molecular weight excluding hydrogens is 156 g/mol. The Morgan fingerprint density at radius 1 is 1.25 bits per heavy atom. The highest BCUT2D eigenvalue weighted by atomic mass is 16.3. The van der Waals surface area contributed by atoms with Crippen molar-refractivity contribution in [1.29, 1.82) is 0 Å². The van der Waals surface area contributed by atoms with Crippen LogP contribution in [-0.2, 0) is 0 Å². The lowest BCUT2D eigenvalue weighted by Crippen LogP contribution is -2.16. The molecule has 0 aliphatic rings. The minimum atomic E-state index is -0.995. The molecule has 0 spiro atoms. The molecule has 0 saturated heterocycles. The van der Waals surface area contributed by atoms with E-state index >= 15 is 0 Å². The average Bonchev–Trinajstić information content (AvgIpc) is 2.04. The second-order valence-electron chi connectivity index (χ2n) is 2.80. The van der Waals surface area contributed by atoms with Crippen LogP contribution in [0.2, 0.25) is 0 Å². The van der Waals surface area contributed by atoms with E-state index in [-0.39, 0.29) is 5.82 Å². The van der Waals surface area contributed by atoms with E-state index < -0.39 is 12.2 Å². The number of rotatable bonds is 2. The first-order valence-electron chi connectivity index (χ1n) is 3.76. The summed E-state index contributed by atoms with van der Waals surface area (Å²) in [5, 5.41) is 18.3. The molecule has 0 aliphatic heterocycles. The van der Waals surface area contributed by atoms with Gasteiger partial charge in [-0.15, -0.1) is 0 Å². The molecule has 12 heavy (non-hydrogen) atoms. The summed E-state index contributed by atoms with van der Waals surface area (Å²) in [6, 6.07) is 0. The van der Waals surface area contributed by atoms with Crippen molar-refractivity contribution >= 4 is 0 Å². The van der Waals surface area contributed by atoms with Crippen LogP contribution in [0.15, 0.2) is 12.4 Å². The van der Waals surface area contributed by atoms with E-state index in [0.29, 0.717) is 0 Å². The van der Waals surface area contributed by atoms with Gasteiger partial charge in [0.25, 0.3) is 0 Å². The third-order valence-corrected chi connectivity index (χ3v) is 1.52. The van der Waals surface area contributed by atoms with E-state index in [4.69, 9.17) is 5.11 Å². The van der Waals surface area contributed by atoms with E-state index in [2.05, 4.69) is 9.97 Å². The van der Waals surface area contributed by atoms with Crippen LogP contribution in [0.5, 0.6) is 0 Å². The first-order valence-corrected chi connectivity index (χ1v) is 3.76. The molecular formula is C8H12N2O2. The zero-order valence-corrected chi connectivity index (χ0v) is 7.10. The number of aliphatic hydroxyl groups excluding tert-OH is 2. The van der Waals surface area contributed by atoms with E-state index in [1.165, 1.54) is 6.92 Å². The third-order valence-electron chi connectivity index (χ3n) is 1.52. The Labute approximate surface area is 70.9 Å². The molecule has 0 aromatic carbocycles. The number of aliphatic hydroxyl groups is 2. The van der Waals surface area contributed by atoms with Gasteiger partial charge in [0, 0.05) is 12.4 Å². The lowest BCUT2D eigenvalue weighted by molar-refractivity contribution is 0.0248. The summed E-state index contributed by atoms with van der Waals surface area (Å²) in [5.74, 6) is 0.260. The quantitative estimate of drug-likeness (QED) is 0.662. The van der Waals surface area contributed by atoms with E-state index in [0.717, 1.165) is 5.56 Å². The zero-order chi connectivity index (χ0) is 9.14. The Balaban J connectivity index is 2.82.